The fourth-order valence-electron chi connectivity index (χ4n) is 2.34. The minimum Gasteiger partial charge on any atom is -0.494 e. The lowest BCUT2D eigenvalue weighted by atomic mass is 9.86. The molecule has 2 rings (SSSR count). The summed E-state index contributed by atoms with van der Waals surface area (Å²) in [5, 5.41) is 4.21. The second-order valence-electron chi connectivity index (χ2n) is 6.92. The summed E-state index contributed by atoms with van der Waals surface area (Å²) in [6.07, 6.45) is 0. The van der Waals surface area contributed by atoms with Crippen molar-refractivity contribution in [2.24, 2.45) is 5.10 Å². The number of ether oxygens (including phenoxy) is 1. The molecule has 0 aliphatic rings. The molecule has 2 aromatic carbocycles. The molecule has 0 fully saturated rings. The predicted octanol–water partition coefficient (Wildman–Crippen LogP) is 4.54. The summed E-state index contributed by atoms with van der Waals surface area (Å²) in [7, 11) is 0. The van der Waals surface area contributed by atoms with E-state index < -0.39 is 0 Å². The van der Waals surface area contributed by atoms with Crippen LogP contribution >= 0.6 is 0 Å². The van der Waals surface area contributed by atoms with E-state index in [2.05, 4.69) is 43.4 Å². The van der Waals surface area contributed by atoms with Crippen molar-refractivity contribution < 1.29 is 9.53 Å². The minimum absolute atomic E-state index is 0.117. The van der Waals surface area contributed by atoms with Crippen LogP contribution in [0.15, 0.2) is 53.6 Å². The average molecular weight is 338 g/mol. The van der Waals surface area contributed by atoms with Crippen LogP contribution in [0.3, 0.4) is 0 Å². The molecule has 4 nitrogen and oxygen atoms in total. The van der Waals surface area contributed by atoms with E-state index in [4.69, 9.17) is 4.74 Å². The molecule has 1 amide bonds. The first-order valence-electron chi connectivity index (χ1n) is 8.49. The first-order chi connectivity index (χ1) is 11.8. The van der Waals surface area contributed by atoms with Crippen LogP contribution < -0.4 is 10.2 Å². The molecule has 0 saturated carbocycles. The van der Waals surface area contributed by atoms with Crippen molar-refractivity contribution in [3.63, 3.8) is 0 Å². The summed E-state index contributed by atoms with van der Waals surface area (Å²) in [4.78, 5) is 12.2. The number of nitrogens with one attached hydrogen (secondary N) is 1. The predicted molar refractivity (Wildman–Crippen MR) is 102 cm³/mol. The molecular weight excluding hydrogens is 312 g/mol. The maximum atomic E-state index is 12.2. The number of hydrogen-bond acceptors (Lipinski definition) is 3. The first kappa shape index (κ1) is 18.7. The van der Waals surface area contributed by atoms with Crippen LogP contribution in [-0.4, -0.2) is 18.2 Å². The molecule has 2 aromatic rings. The molecule has 0 aliphatic heterocycles. The molecule has 132 valence electrons. The van der Waals surface area contributed by atoms with E-state index >= 15 is 0 Å². The molecule has 0 radical (unpaired) electrons. The van der Waals surface area contributed by atoms with Gasteiger partial charge in [0, 0.05) is 5.56 Å². The van der Waals surface area contributed by atoms with Crippen molar-refractivity contribution >= 4 is 11.6 Å². The van der Waals surface area contributed by atoms with Crippen LogP contribution in [0.5, 0.6) is 5.75 Å². The van der Waals surface area contributed by atoms with E-state index in [1.54, 1.807) is 24.3 Å². The lowest BCUT2D eigenvalue weighted by Gasteiger charge is -2.19. The van der Waals surface area contributed by atoms with Gasteiger partial charge in [-0.25, -0.2) is 5.43 Å². The Kier molecular flexibility index (Phi) is 5.97. The fraction of sp³-hybridized carbons (Fsp3) is 0.333. The molecule has 0 atom stereocenters. The van der Waals surface area contributed by atoms with Gasteiger partial charge < -0.3 is 4.74 Å². The standard InChI is InChI=1S/C21H26N2O2/c1-6-25-19-13-9-17(10-14-19)20(24)23-22-15(2)16-7-11-18(12-8-16)21(3,4)5/h7-14H,6H2,1-5H3,(H,23,24)/b22-15+. The highest BCUT2D eigenvalue weighted by molar-refractivity contribution is 6.00. The van der Waals surface area contributed by atoms with Gasteiger partial charge in [-0.15, -0.1) is 0 Å². The maximum Gasteiger partial charge on any atom is 0.271 e. The third-order valence-corrected chi connectivity index (χ3v) is 3.92. The van der Waals surface area contributed by atoms with Crippen LogP contribution in [0, 0.1) is 0 Å². The van der Waals surface area contributed by atoms with Crippen molar-refractivity contribution in [1.29, 1.82) is 0 Å². The van der Waals surface area contributed by atoms with Crippen LogP contribution in [0.25, 0.3) is 0 Å². The van der Waals surface area contributed by atoms with Crippen LogP contribution in [0.4, 0.5) is 0 Å². The Morgan fingerprint density at radius 3 is 2.08 bits per heavy atom. The van der Waals surface area contributed by atoms with Gasteiger partial charge in [-0.2, -0.15) is 5.10 Å². The first-order valence-corrected chi connectivity index (χ1v) is 8.49. The summed E-state index contributed by atoms with van der Waals surface area (Å²) in [5.74, 6) is 0.506. The average Bonchev–Trinajstić information content (AvgIpc) is 2.59. The number of rotatable bonds is 5. The third-order valence-electron chi connectivity index (χ3n) is 3.92. The van der Waals surface area contributed by atoms with Crippen molar-refractivity contribution in [3.8, 4) is 5.75 Å². The van der Waals surface area contributed by atoms with Crippen molar-refractivity contribution in [3.05, 3.63) is 65.2 Å². The number of carbonyl (C=O) groups is 1. The van der Waals surface area contributed by atoms with Gasteiger partial charge in [0.2, 0.25) is 0 Å². The summed E-state index contributed by atoms with van der Waals surface area (Å²) in [5.41, 5.74) is 6.28. The Labute approximate surface area is 149 Å². The lowest BCUT2D eigenvalue weighted by Crippen LogP contribution is -2.19. The third kappa shape index (κ3) is 5.18. The highest BCUT2D eigenvalue weighted by atomic mass is 16.5. The number of amides is 1. The molecule has 0 heterocycles. The Hall–Kier alpha value is -2.62. The van der Waals surface area contributed by atoms with Gasteiger partial charge in [0.25, 0.3) is 5.91 Å². The van der Waals surface area contributed by atoms with E-state index in [0.29, 0.717) is 12.2 Å². The van der Waals surface area contributed by atoms with Crippen molar-refractivity contribution in [2.75, 3.05) is 6.61 Å². The Morgan fingerprint density at radius 1 is 1.00 bits per heavy atom. The molecule has 25 heavy (non-hydrogen) atoms. The zero-order valence-electron chi connectivity index (χ0n) is 15.6. The number of hydrogen-bond donors (Lipinski definition) is 1. The summed E-state index contributed by atoms with van der Waals surface area (Å²) >= 11 is 0. The highest BCUT2D eigenvalue weighted by Crippen LogP contribution is 2.22. The molecule has 0 unspecified atom stereocenters. The zero-order chi connectivity index (χ0) is 18.4. The quantitative estimate of drug-likeness (QED) is 0.643. The topological polar surface area (TPSA) is 50.7 Å². The largest absolute Gasteiger partial charge is 0.494 e. The van der Waals surface area contributed by atoms with Crippen LogP contribution in [-0.2, 0) is 5.41 Å². The second-order valence-corrected chi connectivity index (χ2v) is 6.92. The van der Waals surface area contributed by atoms with Gasteiger partial charge in [-0.3, -0.25) is 4.79 Å². The van der Waals surface area contributed by atoms with E-state index in [1.165, 1.54) is 5.56 Å². The van der Waals surface area contributed by atoms with Gasteiger partial charge in [-0.1, -0.05) is 45.0 Å². The van der Waals surface area contributed by atoms with Gasteiger partial charge >= 0.3 is 0 Å². The number of hydrazone groups is 1. The highest BCUT2D eigenvalue weighted by Gasteiger charge is 2.13. The van der Waals surface area contributed by atoms with Gasteiger partial charge in [0.05, 0.1) is 12.3 Å². The van der Waals surface area contributed by atoms with Gasteiger partial charge in [-0.05, 0) is 54.7 Å². The van der Waals surface area contributed by atoms with Crippen molar-refractivity contribution in [2.45, 2.75) is 40.0 Å². The lowest BCUT2D eigenvalue weighted by molar-refractivity contribution is 0.0955. The molecular formula is C21H26N2O2. The maximum absolute atomic E-state index is 12.2. The number of carbonyl (C=O) groups excluding carboxylic acids is 1. The monoisotopic (exact) mass is 338 g/mol. The van der Waals surface area contributed by atoms with E-state index in [-0.39, 0.29) is 11.3 Å². The minimum atomic E-state index is -0.242. The Morgan fingerprint density at radius 2 is 1.56 bits per heavy atom. The number of benzene rings is 2. The van der Waals surface area contributed by atoms with E-state index in [0.717, 1.165) is 17.0 Å². The normalized spacial score (nSPS) is 12.0. The Balaban J connectivity index is 2.03. The van der Waals surface area contributed by atoms with Gasteiger partial charge in [0.15, 0.2) is 0 Å². The molecule has 0 saturated heterocycles. The fourth-order valence-corrected chi connectivity index (χ4v) is 2.34. The van der Waals surface area contributed by atoms with Crippen LogP contribution in [0.1, 0.15) is 56.1 Å². The summed E-state index contributed by atoms with van der Waals surface area (Å²) in [6, 6.07) is 15.3. The summed E-state index contributed by atoms with van der Waals surface area (Å²) in [6.45, 7) is 10.9. The SMILES string of the molecule is CCOc1ccc(C(=O)N/N=C(\C)c2ccc(C(C)(C)C)cc2)cc1. The van der Waals surface area contributed by atoms with E-state index in [9.17, 15) is 4.79 Å². The molecule has 4 heteroatoms. The van der Waals surface area contributed by atoms with Crippen LogP contribution in [0.2, 0.25) is 0 Å². The molecule has 0 aliphatic carbocycles. The molecule has 0 spiro atoms. The zero-order valence-corrected chi connectivity index (χ0v) is 15.6. The van der Waals surface area contributed by atoms with E-state index in [1.807, 2.05) is 26.0 Å². The smallest absolute Gasteiger partial charge is 0.271 e. The molecule has 0 aromatic heterocycles. The van der Waals surface area contributed by atoms with Gasteiger partial charge in [0.1, 0.15) is 5.75 Å². The Bertz CT molecular complexity index is 739. The summed E-state index contributed by atoms with van der Waals surface area (Å²) < 4.78 is 5.37. The number of nitrogens with zero attached hydrogens (tertiary/aromatic N) is 1. The van der Waals surface area contributed by atoms with Crippen molar-refractivity contribution in [1.82, 2.24) is 5.43 Å². The molecule has 1 N–H and O–H groups in total. The molecule has 0 bridgehead atoms. The second kappa shape index (κ2) is 7.97.